The van der Waals surface area contributed by atoms with Crippen LogP contribution < -0.4 is 5.73 Å². The molecule has 2 atom stereocenters. The fourth-order valence-electron chi connectivity index (χ4n) is 3.30. The van der Waals surface area contributed by atoms with Crippen molar-refractivity contribution >= 4 is 0 Å². The van der Waals surface area contributed by atoms with Crippen molar-refractivity contribution in [3.05, 3.63) is 11.7 Å². The zero-order valence-electron chi connectivity index (χ0n) is 11.2. The van der Waals surface area contributed by atoms with Crippen LogP contribution in [0.25, 0.3) is 0 Å². The van der Waals surface area contributed by atoms with Gasteiger partial charge < -0.3 is 10.3 Å². The molecule has 2 saturated carbocycles. The summed E-state index contributed by atoms with van der Waals surface area (Å²) in [6.07, 6.45) is 9.27. The van der Waals surface area contributed by atoms with Gasteiger partial charge in [-0.2, -0.15) is 4.98 Å². The van der Waals surface area contributed by atoms with E-state index < -0.39 is 0 Å². The van der Waals surface area contributed by atoms with Crippen molar-refractivity contribution in [2.75, 3.05) is 0 Å². The first-order valence-corrected chi connectivity index (χ1v) is 7.33. The molecule has 2 aliphatic carbocycles. The summed E-state index contributed by atoms with van der Waals surface area (Å²) < 4.78 is 5.29. The molecule has 0 amide bonds. The Bertz CT molecular complexity index is 413. The molecule has 4 heteroatoms. The van der Waals surface area contributed by atoms with E-state index in [0.29, 0.717) is 0 Å². The van der Waals surface area contributed by atoms with Crippen molar-refractivity contribution in [2.24, 2.45) is 17.6 Å². The van der Waals surface area contributed by atoms with E-state index >= 15 is 0 Å². The molecule has 18 heavy (non-hydrogen) atoms. The first-order valence-electron chi connectivity index (χ1n) is 7.33. The lowest BCUT2D eigenvalue weighted by atomic mass is 9.74. The van der Waals surface area contributed by atoms with Crippen LogP contribution in [-0.2, 0) is 12.0 Å². The van der Waals surface area contributed by atoms with Crippen LogP contribution in [0, 0.1) is 11.8 Å². The van der Waals surface area contributed by atoms with E-state index in [0.717, 1.165) is 49.2 Å². The van der Waals surface area contributed by atoms with Gasteiger partial charge in [0.05, 0.1) is 5.54 Å². The highest BCUT2D eigenvalue weighted by atomic mass is 16.5. The first kappa shape index (κ1) is 12.2. The van der Waals surface area contributed by atoms with Gasteiger partial charge in [-0.3, -0.25) is 0 Å². The van der Waals surface area contributed by atoms with Crippen molar-refractivity contribution in [1.29, 1.82) is 0 Å². The van der Waals surface area contributed by atoms with Gasteiger partial charge >= 0.3 is 0 Å². The summed E-state index contributed by atoms with van der Waals surface area (Å²) in [5.74, 6) is 3.20. The van der Waals surface area contributed by atoms with Crippen LogP contribution in [0.5, 0.6) is 0 Å². The number of nitrogens with zero attached hydrogens (tertiary/aromatic N) is 2. The average molecular weight is 249 g/mol. The Morgan fingerprint density at radius 3 is 2.89 bits per heavy atom. The molecule has 0 saturated heterocycles. The highest BCUT2D eigenvalue weighted by Gasteiger charge is 2.43. The van der Waals surface area contributed by atoms with Crippen molar-refractivity contribution in [1.82, 2.24) is 10.1 Å². The number of hydrogen-bond donors (Lipinski definition) is 1. The Morgan fingerprint density at radius 2 is 2.17 bits per heavy atom. The van der Waals surface area contributed by atoms with Crippen molar-refractivity contribution < 1.29 is 4.52 Å². The SMILES string of the molecule is CCCc1nc(C2(N)CCCC(C3CC3)C2)no1. The van der Waals surface area contributed by atoms with Crippen molar-refractivity contribution in [3.8, 4) is 0 Å². The topological polar surface area (TPSA) is 64.9 Å². The Hall–Kier alpha value is -0.900. The maximum atomic E-state index is 6.56. The fourth-order valence-corrected chi connectivity index (χ4v) is 3.30. The van der Waals surface area contributed by atoms with E-state index in [1.54, 1.807) is 0 Å². The molecule has 0 aliphatic heterocycles. The van der Waals surface area contributed by atoms with Gasteiger partial charge in [0.25, 0.3) is 0 Å². The first-order chi connectivity index (χ1) is 8.71. The standard InChI is InChI=1S/C14H23N3O/c1-2-4-12-16-13(17-18-12)14(15)8-3-5-11(9-14)10-6-7-10/h10-11H,2-9,15H2,1H3. The van der Waals surface area contributed by atoms with Gasteiger partial charge in [-0.15, -0.1) is 0 Å². The Balaban J connectivity index is 1.74. The minimum atomic E-state index is -0.332. The highest BCUT2D eigenvalue weighted by Crippen LogP contribution is 2.48. The van der Waals surface area contributed by atoms with Gasteiger partial charge in [0, 0.05) is 6.42 Å². The van der Waals surface area contributed by atoms with Crippen LogP contribution in [0.3, 0.4) is 0 Å². The van der Waals surface area contributed by atoms with Crippen LogP contribution in [0.4, 0.5) is 0 Å². The fraction of sp³-hybridized carbons (Fsp3) is 0.857. The quantitative estimate of drug-likeness (QED) is 0.891. The largest absolute Gasteiger partial charge is 0.339 e. The molecule has 100 valence electrons. The third-order valence-electron chi connectivity index (χ3n) is 4.49. The molecule has 0 aromatic carbocycles. The maximum Gasteiger partial charge on any atom is 0.226 e. The molecule has 3 rings (SSSR count). The summed E-state index contributed by atoms with van der Waals surface area (Å²) >= 11 is 0. The second kappa shape index (κ2) is 4.65. The van der Waals surface area contributed by atoms with E-state index in [-0.39, 0.29) is 5.54 Å². The molecule has 2 unspecified atom stereocenters. The van der Waals surface area contributed by atoms with Crippen LogP contribution in [0.15, 0.2) is 4.52 Å². The summed E-state index contributed by atoms with van der Waals surface area (Å²) in [4.78, 5) is 4.51. The van der Waals surface area contributed by atoms with Gasteiger partial charge in [0.2, 0.25) is 5.89 Å². The lowest BCUT2D eigenvalue weighted by Crippen LogP contribution is -2.43. The minimum absolute atomic E-state index is 0.332. The third kappa shape index (κ3) is 2.30. The molecular formula is C14H23N3O. The molecule has 2 N–H and O–H groups in total. The number of rotatable bonds is 4. The molecule has 2 fully saturated rings. The van der Waals surface area contributed by atoms with Crippen LogP contribution in [0.2, 0.25) is 0 Å². The van der Waals surface area contributed by atoms with E-state index in [9.17, 15) is 0 Å². The Kier molecular flexibility index (Phi) is 3.14. The van der Waals surface area contributed by atoms with E-state index in [2.05, 4.69) is 17.1 Å². The summed E-state index contributed by atoms with van der Waals surface area (Å²) in [6, 6.07) is 0. The normalized spacial score (nSPS) is 32.7. The predicted molar refractivity (Wildman–Crippen MR) is 68.8 cm³/mol. The van der Waals surface area contributed by atoms with Crippen LogP contribution in [-0.4, -0.2) is 10.1 Å². The van der Waals surface area contributed by atoms with Gasteiger partial charge in [0.1, 0.15) is 0 Å². The number of hydrogen-bond acceptors (Lipinski definition) is 4. The lowest BCUT2D eigenvalue weighted by Gasteiger charge is -2.35. The molecule has 2 aliphatic rings. The molecule has 0 spiro atoms. The zero-order chi connectivity index (χ0) is 12.6. The van der Waals surface area contributed by atoms with E-state index in [1.807, 2.05) is 0 Å². The average Bonchev–Trinajstić information content (AvgIpc) is 3.10. The highest BCUT2D eigenvalue weighted by molar-refractivity contribution is 5.07. The van der Waals surface area contributed by atoms with E-state index in [4.69, 9.17) is 10.3 Å². The monoisotopic (exact) mass is 249 g/mol. The second-order valence-corrected chi connectivity index (χ2v) is 6.11. The minimum Gasteiger partial charge on any atom is -0.339 e. The molecule has 1 heterocycles. The van der Waals surface area contributed by atoms with E-state index in [1.165, 1.54) is 25.7 Å². The zero-order valence-corrected chi connectivity index (χ0v) is 11.2. The molecule has 0 radical (unpaired) electrons. The summed E-state index contributed by atoms with van der Waals surface area (Å²) in [5.41, 5.74) is 6.23. The van der Waals surface area contributed by atoms with Crippen LogP contribution in [0.1, 0.15) is 63.6 Å². The molecule has 1 aromatic heterocycles. The van der Waals surface area contributed by atoms with Crippen molar-refractivity contribution in [3.63, 3.8) is 0 Å². The van der Waals surface area contributed by atoms with Crippen molar-refractivity contribution in [2.45, 2.75) is 63.8 Å². The smallest absolute Gasteiger partial charge is 0.226 e. The Morgan fingerprint density at radius 1 is 1.33 bits per heavy atom. The number of aromatic nitrogens is 2. The summed E-state index contributed by atoms with van der Waals surface area (Å²) in [6.45, 7) is 2.12. The number of nitrogens with two attached hydrogens (primary N) is 1. The van der Waals surface area contributed by atoms with Crippen LogP contribution >= 0.6 is 0 Å². The molecule has 4 nitrogen and oxygen atoms in total. The second-order valence-electron chi connectivity index (χ2n) is 6.11. The van der Waals surface area contributed by atoms with Gasteiger partial charge in [-0.25, -0.2) is 0 Å². The van der Waals surface area contributed by atoms with Gasteiger partial charge in [-0.05, 0) is 43.9 Å². The van der Waals surface area contributed by atoms with Gasteiger partial charge in [-0.1, -0.05) is 24.9 Å². The molecule has 1 aromatic rings. The van der Waals surface area contributed by atoms with Gasteiger partial charge in [0.15, 0.2) is 5.82 Å². The summed E-state index contributed by atoms with van der Waals surface area (Å²) in [5, 5.41) is 4.13. The molecule has 0 bridgehead atoms. The predicted octanol–water partition coefficient (Wildman–Crippen LogP) is 2.78. The summed E-state index contributed by atoms with van der Waals surface area (Å²) in [7, 11) is 0. The lowest BCUT2D eigenvalue weighted by molar-refractivity contribution is 0.193. The molecular weight excluding hydrogens is 226 g/mol. The third-order valence-corrected chi connectivity index (χ3v) is 4.49. The Labute approximate surface area is 108 Å². The maximum absolute atomic E-state index is 6.56. The number of aryl methyl sites for hydroxylation is 1.